The van der Waals surface area contributed by atoms with Gasteiger partial charge in [0.05, 0.1) is 12.3 Å². The van der Waals surface area contributed by atoms with Crippen molar-refractivity contribution in [1.29, 1.82) is 0 Å². The van der Waals surface area contributed by atoms with Crippen LogP contribution < -0.4 is 5.69 Å². The average molecular weight is 237 g/mol. The number of aromatic nitrogens is 2. The van der Waals surface area contributed by atoms with Crippen LogP contribution >= 0.6 is 0 Å². The first kappa shape index (κ1) is 13.0. The molecule has 1 rings (SSSR count). The molecular formula is C11H15N3O3. The lowest BCUT2D eigenvalue weighted by Crippen LogP contribution is -2.17. The number of carbonyl (C=O) groups excluding carboxylic acids is 1. The zero-order valence-electron chi connectivity index (χ0n) is 10.1. The van der Waals surface area contributed by atoms with Crippen LogP contribution in [0.15, 0.2) is 17.2 Å². The summed E-state index contributed by atoms with van der Waals surface area (Å²) in [6, 6.07) is 0. The quantitative estimate of drug-likeness (QED) is 0.771. The highest BCUT2D eigenvalue weighted by atomic mass is 16.5. The normalized spacial score (nSPS) is 10.5. The molecule has 1 aromatic heterocycles. The lowest BCUT2D eigenvalue weighted by molar-refractivity contribution is 0.0525. The van der Waals surface area contributed by atoms with Gasteiger partial charge >= 0.3 is 11.7 Å². The lowest BCUT2D eigenvalue weighted by Gasteiger charge is -2.06. The Balaban J connectivity index is 3.12. The van der Waals surface area contributed by atoms with E-state index in [4.69, 9.17) is 4.74 Å². The molecule has 17 heavy (non-hydrogen) atoms. The van der Waals surface area contributed by atoms with Crippen molar-refractivity contribution < 1.29 is 9.53 Å². The molecule has 0 saturated carbocycles. The van der Waals surface area contributed by atoms with Crippen LogP contribution in [0.25, 0.3) is 6.08 Å². The summed E-state index contributed by atoms with van der Waals surface area (Å²) in [4.78, 5) is 30.5. The van der Waals surface area contributed by atoms with Crippen molar-refractivity contribution in [3.8, 4) is 0 Å². The third-order valence-corrected chi connectivity index (χ3v) is 1.88. The summed E-state index contributed by atoms with van der Waals surface area (Å²) in [5.41, 5.74) is 0.123. The Hall–Kier alpha value is -2.11. The molecule has 0 fully saturated rings. The van der Waals surface area contributed by atoms with Gasteiger partial charge < -0.3 is 14.6 Å². The van der Waals surface area contributed by atoms with Gasteiger partial charge in [-0.1, -0.05) is 0 Å². The van der Waals surface area contributed by atoms with Crippen LogP contribution in [0, 0.1) is 0 Å². The van der Waals surface area contributed by atoms with Crippen molar-refractivity contribution in [2.75, 3.05) is 20.7 Å². The Morgan fingerprint density at radius 2 is 2.29 bits per heavy atom. The van der Waals surface area contributed by atoms with E-state index in [-0.39, 0.29) is 12.2 Å². The first-order valence-electron chi connectivity index (χ1n) is 5.15. The van der Waals surface area contributed by atoms with Gasteiger partial charge in [-0.2, -0.15) is 0 Å². The number of esters is 1. The SMILES string of the molecule is CCOC(=O)c1cnc(=O)[nH]c1/C=C\N(C)C. The van der Waals surface area contributed by atoms with Gasteiger partial charge in [-0.3, -0.25) is 0 Å². The maximum atomic E-state index is 11.6. The lowest BCUT2D eigenvalue weighted by atomic mass is 10.2. The molecule has 0 unspecified atom stereocenters. The molecule has 0 aliphatic heterocycles. The van der Waals surface area contributed by atoms with Crippen LogP contribution in [0.5, 0.6) is 0 Å². The number of carbonyl (C=O) groups is 1. The second kappa shape index (κ2) is 5.83. The molecular weight excluding hydrogens is 222 g/mol. The molecule has 0 aromatic carbocycles. The standard InChI is InChI=1S/C11H15N3O3/c1-4-17-10(15)8-7-12-11(16)13-9(8)5-6-14(2)3/h5-7H,4H2,1-3H3,(H,12,13,16)/b6-5-. The van der Waals surface area contributed by atoms with Crippen LogP contribution in [0.4, 0.5) is 0 Å². The van der Waals surface area contributed by atoms with E-state index < -0.39 is 11.7 Å². The fourth-order valence-corrected chi connectivity index (χ4v) is 1.13. The minimum Gasteiger partial charge on any atom is -0.462 e. The monoisotopic (exact) mass is 237 g/mol. The molecule has 0 atom stereocenters. The summed E-state index contributed by atoms with van der Waals surface area (Å²) in [5.74, 6) is -0.505. The molecule has 0 spiro atoms. The van der Waals surface area contributed by atoms with Crippen LogP contribution in [0.3, 0.4) is 0 Å². The predicted molar refractivity (Wildman–Crippen MR) is 63.5 cm³/mol. The number of rotatable bonds is 4. The molecule has 6 heteroatoms. The molecule has 92 valence electrons. The Labute approximate surface area is 98.9 Å². The van der Waals surface area contributed by atoms with Crippen LogP contribution in [0.2, 0.25) is 0 Å². The molecule has 6 nitrogen and oxygen atoms in total. The van der Waals surface area contributed by atoms with E-state index in [1.165, 1.54) is 6.20 Å². The van der Waals surface area contributed by atoms with Gasteiger partial charge in [0.15, 0.2) is 0 Å². The number of hydrogen-bond acceptors (Lipinski definition) is 5. The number of H-pyrrole nitrogens is 1. The van der Waals surface area contributed by atoms with Gasteiger partial charge in [0.2, 0.25) is 0 Å². The van der Waals surface area contributed by atoms with Crippen molar-refractivity contribution in [2.45, 2.75) is 6.92 Å². The molecule has 1 aromatic rings. The van der Waals surface area contributed by atoms with Crippen molar-refractivity contribution in [2.24, 2.45) is 0 Å². The third kappa shape index (κ3) is 3.75. The summed E-state index contributed by atoms with van der Waals surface area (Å²) in [6.45, 7) is 1.99. The fourth-order valence-electron chi connectivity index (χ4n) is 1.13. The number of hydrogen-bond donors (Lipinski definition) is 1. The summed E-state index contributed by atoms with van der Waals surface area (Å²) < 4.78 is 4.87. The first-order valence-corrected chi connectivity index (χ1v) is 5.15. The Kier molecular flexibility index (Phi) is 4.45. The zero-order chi connectivity index (χ0) is 12.8. The van der Waals surface area contributed by atoms with Crippen molar-refractivity contribution in [1.82, 2.24) is 14.9 Å². The summed E-state index contributed by atoms with van der Waals surface area (Å²) in [5, 5.41) is 0. The number of nitrogens with zero attached hydrogens (tertiary/aromatic N) is 2. The summed E-state index contributed by atoms with van der Waals surface area (Å²) in [7, 11) is 3.67. The topological polar surface area (TPSA) is 75.3 Å². The van der Waals surface area contributed by atoms with E-state index in [0.717, 1.165) is 0 Å². The molecule has 0 saturated heterocycles. The fraction of sp³-hybridized carbons (Fsp3) is 0.364. The molecule has 0 aliphatic rings. The van der Waals surface area contributed by atoms with Gasteiger partial charge in [0.25, 0.3) is 0 Å². The highest BCUT2D eigenvalue weighted by Crippen LogP contribution is 2.06. The van der Waals surface area contributed by atoms with E-state index in [1.807, 2.05) is 14.1 Å². The highest BCUT2D eigenvalue weighted by Gasteiger charge is 2.12. The summed E-state index contributed by atoms with van der Waals surface area (Å²) in [6.07, 6.45) is 4.55. The molecule has 0 radical (unpaired) electrons. The van der Waals surface area contributed by atoms with Crippen molar-refractivity contribution in [3.63, 3.8) is 0 Å². The second-order valence-electron chi connectivity index (χ2n) is 3.52. The predicted octanol–water partition coefficient (Wildman–Crippen LogP) is 0.479. The third-order valence-electron chi connectivity index (χ3n) is 1.88. The van der Waals surface area contributed by atoms with Crippen LogP contribution in [-0.4, -0.2) is 41.5 Å². The molecule has 0 aliphatic carbocycles. The Morgan fingerprint density at radius 1 is 1.59 bits per heavy atom. The molecule has 1 heterocycles. The Morgan fingerprint density at radius 3 is 2.88 bits per heavy atom. The smallest absolute Gasteiger partial charge is 0.345 e. The molecule has 1 N–H and O–H groups in total. The van der Waals surface area contributed by atoms with Crippen molar-refractivity contribution >= 4 is 12.0 Å². The number of ether oxygens (including phenoxy) is 1. The van der Waals surface area contributed by atoms with E-state index >= 15 is 0 Å². The van der Waals surface area contributed by atoms with E-state index in [9.17, 15) is 9.59 Å². The largest absolute Gasteiger partial charge is 0.462 e. The maximum Gasteiger partial charge on any atom is 0.345 e. The van der Waals surface area contributed by atoms with Gasteiger partial charge in [0, 0.05) is 26.5 Å². The van der Waals surface area contributed by atoms with Crippen molar-refractivity contribution in [3.05, 3.63) is 34.1 Å². The number of aromatic amines is 1. The van der Waals surface area contributed by atoms with Gasteiger partial charge in [-0.15, -0.1) is 0 Å². The second-order valence-corrected chi connectivity index (χ2v) is 3.52. The average Bonchev–Trinajstić information content (AvgIpc) is 2.26. The first-order chi connectivity index (χ1) is 8.04. The van der Waals surface area contributed by atoms with Crippen LogP contribution in [-0.2, 0) is 4.74 Å². The number of nitrogens with one attached hydrogen (secondary N) is 1. The van der Waals surface area contributed by atoms with E-state index in [0.29, 0.717) is 5.69 Å². The Bertz CT molecular complexity index is 477. The molecule has 0 bridgehead atoms. The van der Waals surface area contributed by atoms with Gasteiger partial charge in [-0.25, -0.2) is 14.6 Å². The molecule has 0 amide bonds. The minimum absolute atomic E-state index is 0.240. The minimum atomic E-state index is -0.505. The van der Waals surface area contributed by atoms with E-state index in [2.05, 4.69) is 9.97 Å². The van der Waals surface area contributed by atoms with Crippen LogP contribution in [0.1, 0.15) is 23.0 Å². The van der Waals surface area contributed by atoms with Gasteiger partial charge in [-0.05, 0) is 13.0 Å². The van der Waals surface area contributed by atoms with E-state index in [1.54, 1.807) is 24.1 Å². The zero-order valence-corrected chi connectivity index (χ0v) is 10.1. The maximum absolute atomic E-state index is 11.6. The highest BCUT2D eigenvalue weighted by molar-refractivity contribution is 5.92. The summed E-state index contributed by atoms with van der Waals surface area (Å²) >= 11 is 0. The van der Waals surface area contributed by atoms with Gasteiger partial charge in [0.1, 0.15) is 5.56 Å².